The molecule has 2 saturated carbocycles. The molecule has 122 valence electrons. The molecule has 2 N–H and O–H groups in total. The summed E-state index contributed by atoms with van der Waals surface area (Å²) in [5.41, 5.74) is 0. The maximum Gasteiger partial charge on any atom is 0.214 e. The van der Waals surface area contributed by atoms with Crippen LogP contribution in [0.3, 0.4) is 0 Å². The lowest BCUT2D eigenvalue weighted by molar-refractivity contribution is 0.385. The third kappa shape index (κ3) is 4.46. The molecule has 8 heteroatoms. The lowest BCUT2D eigenvalue weighted by Crippen LogP contribution is -2.43. The van der Waals surface area contributed by atoms with Crippen LogP contribution in [0.4, 0.5) is 5.82 Å². The van der Waals surface area contributed by atoms with Gasteiger partial charge in [0.15, 0.2) is 0 Å². The van der Waals surface area contributed by atoms with Crippen LogP contribution in [0, 0.1) is 3.57 Å². The van der Waals surface area contributed by atoms with E-state index >= 15 is 0 Å². The molecule has 0 amide bonds. The minimum absolute atomic E-state index is 0.0232. The standard InChI is InChI=1S/C14H19ClIN3O2S/c15-13-6-9(16)7-14(18-13)17-10-2-1-3-11(8-10)19-22(20,21)12-4-5-12/h6-7,10-12,19H,1-5,8H2,(H,17,18). The van der Waals surface area contributed by atoms with Crippen molar-refractivity contribution in [3.63, 3.8) is 0 Å². The SMILES string of the molecule is O=S(=O)(NC1CCCC(Nc2cc(I)cc(Cl)n2)C1)C1CC1. The summed E-state index contributed by atoms with van der Waals surface area (Å²) < 4.78 is 28.0. The highest BCUT2D eigenvalue weighted by molar-refractivity contribution is 14.1. The number of aromatic nitrogens is 1. The Morgan fingerprint density at radius 1 is 1.18 bits per heavy atom. The Morgan fingerprint density at radius 3 is 2.59 bits per heavy atom. The number of rotatable bonds is 5. The average Bonchev–Trinajstić information content (AvgIpc) is 3.21. The van der Waals surface area contributed by atoms with E-state index in [1.54, 1.807) is 6.07 Å². The van der Waals surface area contributed by atoms with Gasteiger partial charge in [-0.3, -0.25) is 0 Å². The molecule has 0 bridgehead atoms. The van der Waals surface area contributed by atoms with Crippen molar-refractivity contribution in [2.45, 2.75) is 55.9 Å². The van der Waals surface area contributed by atoms with E-state index in [0.717, 1.165) is 47.9 Å². The number of hydrogen-bond acceptors (Lipinski definition) is 4. The van der Waals surface area contributed by atoms with Gasteiger partial charge < -0.3 is 5.32 Å². The molecule has 0 saturated heterocycles. The summed E-state index contributed by atoms with van der Waals surface area (Å²) in [5, 5.41) is 3.70. The zero-order chi connectivity index (χ0) is 15.7. The lowest BCUT2D eigenvalue weighted by atomic mass is 9.91. The van der Waals surface area contributed by atoms with Crippen LogP contribution in [0.1, 0.15) is 38.5 Å². The third-order valence-corrected chi connectivity index (χ3v) is 6.91. The second-order valence-corrected chi connectivity index (χ2v) is 9.69. The minimum atomic E-state index is -3.11. The molecule has 2 fully saturated rings. The normalized spacial score (nSPS) is 25.9. The van der Waals surface area contributed by atoms with Crippen LogP contribution in [0.15, 0.2) is 12.1 Å². The highest BCUT2D eigenvalue weighted by atomic mass is 127. The summed E-state index contributed by atoms with van der Waals surface area (Å²) in [6.45, 7) is 0. The second kappa shape index (κ2) is 6.78. The van der Waals surface area contributed by atoms with Crippen molar-refractivity contribution in [3.8, 4) is 0 Å². The topological polar surface area (TPSA) is 71.1 Å². The van der Waals surface area contributed by atoms with Crippen molar-refractivity contribution in [1.29, 1.82) is 0 Å². The Balaban J connectivity index is 1.60. The summed E-state index contributed by atoms with van der Waals surface area (Å²) in [6.07, 6.45) is 5.32. The van der Waals surface area contributed by atoms with Gasteiger partial charge in [0.05, 0.1) is 5.25 Å². The van der Waals surface area contributed by atoms with E-state index in [0.29, 0.717) is 5.15 Å². The third-order valence-electron chi connectivity index (χ3n) is 4.08. The molecule has 0 radical (unpaired) electrons. The summed E-state index contributed by atoms with van der Waals surface area (Å²) in [4.78, 5) is 4.28. The summed E-state index contributed by atoms with van der Waals surface area (Å²) >= 11 is 8.18. The van der Waals surface area contributed by atoms with E-state index in [9.17, 15) is 8.42 Å². The lowest BCUT2D eigenvalue weighted by Gasteiger charge is -2.30. The van der Waals surface area contributed by atoms with Crippen LogP contribution in [-0.2, 0) is 10.0 Å². The Labute approximate surface area is 149 Å². The molecule has 0 aromatic carbocycles. The number of halogens is 2. The molecule has 0 spiro atoms. The largest absolute Gasteiger partial charge is 0.367 e. The van der Waals surface area contributed by atoms with Crippen molar-refractivity contribution >= 4 is 50.0 Å². The van der Waals surface area contributed by atoms with Crippen molar-refractivity contribution in [2.75, 3.05) is 5.32 Å². The Morgan fingerprint density at radius 2 is 1.91 bits per heavy atom. The van der Waals surface area contributed by atoms with Gasteiger partial charge in [0, 0.05) is 15.7 Å². The highest BCUT2D eigenvalue weighted by Gasteiger charge is 2.37. The van der Waals surface area contributed by atoms with Crippen LogP contribution < -0.4 is 10.0 Å². The van der Waals surface area contributed by atoms with E-state index in [2.05, 4.69) is 37.6 Å². The molecule has 2 unspecified atom stereocenters. The molecule has 22 heavy (non-hydrogen) atoms. The molecule has 0 aliphatic heterocycles. The average molecular weight is 456 g/mol. The van der Waals surface area contributed by atoms with Gasteiger partial charge in [0.25, 0.3) is 0 Å². The molecule has 1 aromatic rings. The van der Waals surface area contributed by atoms with Crippen LogP contribution in [0.5, 0.6) is 0 Å². The highest BCUT2D eigenvalue weighted by Crippen LogP contribution is 2.30. The molecular formula is C14H19ClIN3O2S. The first-order valence-corrected chi connectivity index (χ1v) is 10.5. The number of hydrogen-bond donors (Lipinski definition) is 2. The second-order valence-electron chi connectivity index (χ2n) is 6.06. The fourth-order valence-corrected chi connectivity index (χ4v) is 5.49. The number of nitrogens with one attached hydrogen (secondary N) is 2. The molecular weight excluding hydrogens is 437 g/mol. The summed E-state index contributed by atoms with van der Waals surface area (Å²) in [5.74, 6) is 0.757. The summed E-state index contributed by atoms with van der Waals surface area (Å²) in [6, 6.07) is 4.00. The number of pyridine rings is 1. The zero-order valence-corrected chi connectivity index (χ0v) is 15.8. The molecule has 2 aliphatic carbocycles. The Bertz CT molecular complexity index is 631. The predicted molar refractivity (Wildman–Crippen MR) is 96.7 cm³/mol. The minimum Gasteiger partial charge on any atom is -0.367 e. The van der Waals surface area contributed by atoms with E-state index in [4.69, 9.17) is 11.6 Å². The maximum atomic E-state index is 12.1. The van der Waals surface area contributed by atoms with E-state index in [1.807, 2.05) is 6.07 Å². The Kier molecular flexibility index (Phi) is 5.16. The first-order valence-electron chi connectivity index (χ1n) is 7.53. The molecule has 2 atom stereocenters. The molecule has 1 heterocycles. The summed E-state index contributed by atoms with van der Waals surface area (Å²) in [7, 11) is -3.11. The quantitative estimate of drug-likeness (QED) is 0.529. The van der Waals surface area contributed by atoms with Gasteiger partial charge in [0.2, 0.25) is 10.0 Å². The van der Waals surface area contributed by atoms with Gasteiger partial charge in [-0.05, 0) is 73.2 Å². The fourth-order valence-electron chi connectivity index (χ4n) is 2.88. The van der Waals surface area contributed by atoms with Gasteiger partial charge in [-0.1, -0.05) is 11.6 Å². The van der Waals surface area contributed by atoms with Crippen molar-refractivity contribution in [1.82, 2.24) is 9.71 Å². The number of anilines is 1. The van der Waals surface area contributed by atoms with Crippen molar-refractivity contribution in [3.05, 3.63) is 20.9 Å². The van der Waals surface area contributed by atoms with Gasteiger partial charge in [-0.25, -0.2) is 18.1 Å². The molecule has 1 aromatic heterocycles. The van der Waals surface area contributed by atoms with Gasteiger partial charge in [-0.15, -0.1) is 0 Å². The first kappa shape index (κ1) is 16.7. The van der Waals surface area contributed by atoms with Crippen molar-refractivity contribution in [2.24, 2.45) is 0 Å². The Hall–Kier alpha value is -0.120. The maximum absolute atomic E-state index is 12.1. The van der Waals surface area contributed by atoms with Crippen molar-refractivity contribution < 1.29 is 8.42 Å². The smallest absolute Gasteiger partial charge is 0.214 e. The monoisotopic (exact) mass is 455 g/mol. The molecule has 5 nitrogen and oxygen atoms in total. The zero-order valence-electron chi connectivity index (χ0n) is 12.1. The number of nitrogens with zero attached hydrogens (tertiary/aromatic N) is 1. The first-order chi connectivity index (χ1) is 10.4. The van der Waals surface area contributed by atoms with E-state index in [-0.39, 0.29) is 17.3 Å². The predicted octanol–water partition coefficient (Wildman–Crippen LogP) is 3.14. The van der Waals surface area contributed by atoms with Gasteiger partial charge >= 0.3 is 0 Å². The van der Waals surface area contributed by atoms with E-state index in [1.165, 1.54) is 0 Å². The van der Waals surface area contributed by atoms with Gasteiger partial charge in [0.1, 0.15) is 11.0 Å². The number of sulfonamides is 1. The van der Waals surface area contributed by atoms with Crippen LogP contribution >= 0.6 is 34.2 Å². The van der Waals surface area contributed by atoms with Crippen LogP contribution in [-0.4, -0.2) is 30.7 Å². The molecule has 3 rings (SSSR count). The fraction of sp³-hybridized carbons (Fsp3) is 0.643. The molecule has 2 aliphatic rings. The van der Waals surface area contributed by atoms with Crippen LogP contribution in [0.25, 0.3) is 0 Å². The van der Waals surface area contributed by atoms with Crippen LogP contribution in [0.2, 0.25) is 5.15 Å². The van der Waals surface area contributed by atoms with Gasteiger partial charge in [-0.2, -0.15) is 0 Å². The van der Waals surface area contributed by atoms with E-state index < -0.39 is 10.0 Å².